The Hall–Kier alpha value is -3.50. The molecule has 0 atom stereocenters. The summed E-state index contributed by atoms with van der Waals surface area (Å²) in [6, 6.07) is 14.3. The lowest BCUT2D eigenvalue weighted by atomic mass is 10.1. The van der Waals surface area contributed by atoms with Crippen LogP contribution in [0.4, 0.5) is 8.78 Å². The summed E-state index contributed by atoms with van der Waals surface area (Å²) in [5.41, 5.74) is 0.411. The maximum atomic E-state index is 14.2. The fourth-order valence-corrected chi connectivity index (χ4v) is 4.06. The normalized spacial score (nSPS) is 11.2. The first kappa shape index (κ1) is 25.1. The van der Waals surface area contributed by atoms with E-state index in [-0.39, 0.29) is 41.7 Å². The lowest BCUT2D eigenvalue weighted by Gasteiger charge is -2.23. The van der Waals surface area contributed by atoms with Crippen molar-refractivity contribution in [2.75, 3.05) is 27.4 Å². The number of methoxy groups -OCH3 is 2. The first-order valence-electron chi connectivity index (χ1n) is 10.1. The molecule has 7 nitrogen and oxygen atoms in total. The fraction of sp³-hybridized carbons (Fsp3) is 0.208. The van der Waals surface area contributed by atoms with E-state index in [9.17, 15) is 22.0 Å². The van der Waals surface area contributed by atoms with Crippen LogP contribution in [0.5, 0.6) is 11.5 Å². The Labute approximate surface area is 196 Å². The molecule has 0 aliphatic carbocycles. The van der Waals surface area contributed by atoms with Gasteiger partial charge in [0, 0.05) is 20.2 Å². The summed E-state index contributed by atoms with van der Waals surface area (Å²) in [7, 11) is -1.46. The van der Waals surface area contributed by atoms with Gasteiger partial charge in [0.05, 0.1) is 19.3 Å². The molecule has 0 bridgehead atoms. The average molecular weight is 492 g/mol. The number of carbonyl (C=O) groups is 1. The Kier molecular flexibility index (Phi) is 8.19. The van der Waals surface area contributed by atoms with Crippen molar-refractivity contribution in [3.8, 4) is 11.5 Å². The molecule has 0 unspecified atom stereocenters. The Bertz CT molecular complexity index is 1250. The molecule has 1 amide bonds. The SMILES string of the molecule is COCCN(Cc1ccc(OC)c(OS(=O)(=O)c2ccc(F)cc2)c1)C(=O)c1ccccc1F. The highest BCUT2D eigenvalue weighted by Gasteiger charge is 2.22. The number of hydrogen-bond acceptors (Lipinski definition) is 6. The molecule has 0 heterocycles. The Balaban J connectivity index is 1.90. The monoisotopic (exact) mass is 491 g/mol. The van der Waals surface area contributed by atoms with E-state index >= 15 is 0 Å². The molecule has 180 valence electrons. The number of hydrogen-bond donors (Lipinski definition) is 0. The molecule has 3 aromatic carbocycles. The van der Waals surface area contributed by atoms with E-state index in [1.165, 1.54) is 49.5 Å². The van der Waals surface area contributed by atoms with Crippen LogP contribution in [0.1, 0.15) is 15.9 Å². The highest BCUT2D eigenvalue weighted by molar-refractivity contribution is 7.87. The standard InChI is InChI=1S/C24H23F2NO6S/c1-31-14-13-27(24(28)20-5-3-4-6-21(20)26)16-17-7-12-22(32-2)23(15-17)33-34(29,30)19-10-8-18(25)9-11-19/h3-12,15H,13-14,16H2,1-2H3. The Morgan fingerprint density at radius 1 is 0.941 bits per heavy atom. The van der Waals surface area contributed by atoms with Crippen molar-refractivity contribution in [2.24, 2.45) is 0 Å². The van der Waals surface area contributed by atoms with E-state index in [0.29, 0.717) is 5.56 Å². The maximum absolute atomic E-state index is 14.2. The number of halogens is 2. The van der Waals surface area contributed by atoms with Crippen molar-refractivity contribution >= 4 is 16.0 Å². The van der Waals surface area contributed by atoms with Crippen molar-refractivity contribution < 1.29 is 35.6 Å². The van der Waals surface area contributed by atoms with E-state index in [1.54, 1.807) is 12.1 Å². The number of ether oxygens (including phenoxy) is 2. The van der Waals surface area contributed by atoms with Crippen molar-refractivity contribution in [1.82, 2.24) is 4.90 Å². The molecule has 0 saturated heterocycles. The third-order valence-electron chi connectivity index (χ3n) is 4.86. The van der Waals surface area contributed by atoms with Crippen molar-refractivity contribution in [2.45, 2.75) is 11.4 Å². The number of benzene rings is 3. The van der Waals surface area contributed by atoms with Crippen LogP contribution >= 0.6 is 0 Å². The molecule has 0 aromatic heterocycles. The summed E-state index contributed by atoms with van der Waals surface area (Å²) in [4.78, 5) is 14.1. The number of rotatable bonds is 10. The molecule has 3 rings (SSSR count). The van der Waals surface area contributed by atoms with Crippen molar-refractivity contribution in [1.29, 1.82) is 0 Å². The lowest BCUT2D eigenvalue weighted by Crippen LogP contribution is -2.34. The molecular weight excluding hydrogens is 468 g/mol. The summed E-state index contributed by atoms with van der Waals surface area (Å²) < 4.78 is 68.2. The second-order valence-corrected chi connectivity index (χ2v) is 8.72. The highest BCUT2D eigenvalue weighted by atomic mass is 32.2. The minimum absolute atomic E-state index is 0.0213. The van der Waals surface area contributed by atoms with Gasteiger partial charge < -0.3 is 18.6 Å². The van der Waals surface area contributed by atoms with Crippen LogP contribution < -0.4 is 8.92 Å². The first-order valence-corrected chi connectivity index (χ1v) is 11.6. The fourth-order valence-electron chi connectivity index (χ4n) is 3.13. The van der Waals surface area contributed by atoms with E-state index in [4.69, 9.17) is 13.7 Å². The number of nitrogens with zero attached hydrogens (tertiary/aromatic N) is 1. The van der Waals surface area contributed by atoms with Crippen LogP contribution in [0.15, 0.2) is 71.6 Å². The third kappa shape index (κ3) is 6.09. The number of amides is 1. The first-order chi connectivity index (χ1) is 16.2. The summed E-state index contributed by atoms with van der Waals surface area (Å²) in [5, 5.41) is 0. The van der Waals surface area contributed by atoms with E-state index in [1.807, 2.05) is 0 Å². The largest absolute Gasteiger partial charge is 0.493 e. The summed E-state index contributed by atoms with van der Waals surface area (Å²) in [6.07, 6.45) is 0. The predicted octanol–water partition coefficient (Wildman–Crippen LogP) is 4.03. The van der Waals surface area contributed by atoms with Crippen LogP contribution in [0, 0.1) is 11.6 Å². The van der Waals surface area contributed by atoms with Crippen LogP contribution in [0.3, 0.4) is 0 Å². The van der Waals surface area contributed by atoms with Crippen LogP contribution in [0.2, 0.25) is 0 Å². The molecule has 10 heteroatoms. The molecule has 0 aliphatic heterocycles. The minimum atomic E-state index is -4.28. The molecule has 0 N–H and O–H groups in total. The maximum Gasteiger partial charge on any atom is 0.339 e. The summed E-state index contributed by atoms with van der Waals surface area (Å²) in [5.74, 6) is -1.77. The molecule has 0 saturated carbocycles. The minimum Gasteiger partial charge on any atom is -0.493 e. The summed E-state index contributed by atoms with van der Waals surface area (Å²) >= 11 is 0. The van der Waals surface area contributed by atoms with Gasteiger partial charge in [-0.1, -0.05) is 18.2 Å². The van der Waals surface area contributed by atoms with Gasteiger partial charge in [-0.25, -0.2) is 8.78 Å². The second kappa shape index (κ2) is 11.1. The van der Waals surface area contributed by atoms with Gasteiger partial charge in [-0.05, 0) is 54.1 Å². The molecule has 0 radical (unpaired) electrons. The molecule has 0 fully saturated rings. The summed E-state index contributed by atoms with van der Waals surface area (Å²) in [6.45, 7) is 0.395. The molecule has 0 aliphatic rings. The molecule has 0 spiro atoms. The van der Waals surface area contributed by atoms with Gasteiger partial charge in [-0.2, -0.15) is 8.42 Å². The van der Waals surface area contributed by atoms with Crippen molar-refractivity contribution in [3.63, 3.8) is 0 Å². The zero-order valence-electron chi connectivity index (χ0n) is 18.5. The van der Waals surface area contributed by atoms with Gasteiger partial charge in [0.15, 0.2) is 11.5 Å². The van der Waals surface area contributed by atoms with E-state index in [2.05, 4.69) is 0 Å². The van der Waals surface area contributed by atoms with E-state index in [0.717, 1.165) is 24.3 Å². The average Bonchev–Trinajstić information content (AvgIpc) is 2.82. The van der Waals surface area contributed by atoms with Gasteiger partial charge in [0.2, 0.25) is 0 Å². The topological polar surface area (TPSA) is 82.1 Å². The van der Waals surface area contributed by atoms with Gasteiger partial charge >= 0.3 is 10.1 Å². The third-order valence-corrected chi connectivity index (χ3v) is 6.11. The van der Waals surface area contributed by atoms with Gasteiger partial charge in [-0.15, -0.1) is 0 Å². The van der Waals surface area contributed by atoms with Gasteiger partial charge in [-0.3, -0.25) is 4.79 Å². The quantitative estimate of drug-likeness (QED) is 0.399. The molecular formula is C24H23F2NO6S. The Morgan fingerprint density at radius 2 is 1.65 bits per heavy atom. The molecule has 34 heavy (non-hydrogen) atoms. The van der Waals surface area contributed by atoms with Crippen molar-refractivity contribution in [3.05, 3.63) is 89.5 Å². The molecule has 3 aromatic rings. The lowest BCUT2D eigenvalue weighted by molar-refractivity contribution is 0.0675. The number of carbonyl (C=O) groups excluding carboxylic acids is 1. The zero-order chi connectivity index (χ0) is 24.7. The zero-order valence-corrected chi connectivity index (χ0v) is 19.3. The van der Waals surface area contributed by atoms with Crippen LogP contribution in [0.25, 0.3) is 0 Å². The van der Waals surface area contributed by atoms with E-state index < -0.39 is 27.7 Å². The van der Waals surface area contributed by atoms with Crippen LogP contribution in [-0.2, 0) is 21.4 Å². The smallest absolute Gasteiger partial charge is 0.339 e. The van der Waals surface area contributed by atoms with Gasteiger partial charge in [0.25, 0.3) is 5.91 Å². The predicted molar refractivity (Wildman–Crippen MR) is 120 cm³/mol. The van der Waals surface area contributed by atoms with Crippen LogP contribution in [-0.4, -0.2) is 46.6 Å². The second-order valence-electron chi connectivity index (χ2n) is 7.18. The highest BCUT2D eigenvalue weighted by Crippen LogP contribution is 2.31. The van der Waals surface area contributed by atoms with Gasteiger partial charge in [0.1, 0.15) is 16.5 Å². The Morgan fingerprint density at radius 3 is 2.29 bits per heavy atom.